The van der Waals surface area contributed by atoms with Gasteiger partial charge in [0.2, 0.25) is 0 Å². The number of carbonyl (C=O) groups excluding carboxylic acids is 1. The second-order valence-corrected chi connectivity index (χ2v) is 6.10. The summed E-state index contributed by atoms with van der Waals surface area (Å²) in [4.78, 5) is 27.8. The molecule has 0 saturated heterocycles. The number of anilines is 1. The third-order valence-electron chi connectivity index (χ3n) is 4.22. The van der Waals surface area contributed by atoms with Crippen LogP contribution in [0, 0.1) is 0 Å². The van der Waals surface area contributed by atoms with Crippen LogP contribution in [0.3, 0.4) is 0 Å². The highest BCUT2D eigenvalue weighted by Gasteiger charge is 2.14. The van der Waals surface area contributed by atoms with Crippen molar-refractivity contribution in [1.29, 1.82) is 0 Å². The van der Waals surface area contributed by atoms with Crippen LogP contribution in [0.5, 0.6) is 23.0 Å². The fourth-order valence-electron chi connectivity index (χ4n) is 2.78. The number of carbonyl (C=O) groups is 2. The Kier molecular flexibility index (Phi) is 6.21. The summed E-state index contributed by atoms with van der Waals surface area (Å²) in [6.45, 7) is -0.344. The first-order valence-corrected chi connectivity index (χ1v) is 8.82. The fourth-order valence-corrected chi connectivity index (χ4v) is 2.78. The smallest absolute Gasteiger partial charge is 0.354 e. The lowest BCUT2D eigenvalue weighted by molar-refractivity contribution is -0.118. The van der Waals surface area contributed by atoms with Crippen LogP contribution < -0.4 is 24.3 Å². The van der Waals surface area contributed by atoms with Crippen LogP contribution in [0.15, 0.2) is 42.5 Å². The highest BCUT2D eigenvalue weighted by molar-refractivity contribution is 5.95. The van der Waals surface area contributed by atoms with E-state index in [0.29, 0.717) is 33.8 Å². The van der Waals surface area contributed by atoms with Gasteiger partial charge >= 0.3 is 5.97 Å². The zero-order chi connectivity index (χ0) is 21.7. The lowest BCUT2D eigenvalue weighted by Crippen LogP contribution is -2.20. The summed E-state index contributed by atoms with van der Waals surface area (Å²) in [6, 6.07) is 11.2. The molecule has 1 aromatic heterocycles. The number of ether oxygens (including phenoxy) is 4. The van der Waals surface area contributed by atoms with Crippen molar-refractivity contribution in [2.45, 2.75) is 0 Å². The molecule has 9 heteroatoms. The van der Waals surface area contributed by atoms with Crippen molar-refractivity contribution in [3.8, 4) is 23.0 Å². The van der Waals surface area contributed by atoms with E-state index in [1.165, 1.54) is 27.4 Å². The van der Waals surface area contributed by atoms with Crippen molar-refractivity contribution in [2.75, 3.05) is 33.3 Å². The van der Waals surface area contributed by atoms with Gasteiger partial charge in [0.05, 0.1) is 26.8 Å². The van der Waals surface area contributed by atoms with E-state index < -0.39 is 11.9 Å². The van der Waals surface area contributed by atoms with Crippen LogP contribution >= 0.6 is 0 Å². The van der Waals surface area contributed by atoms with Crippen LogP contribution in [0.2, 0.25) is 0 Å². The third kappa shape index (κ3) is 4.52. The summed E-state index contributed by atoms with van der Waals surface area (Å²) < 4.78 is 21.2. The van der Waals surface area contributed by atoms with E-state index in [1.54, 1.807) is 36.4 Å². The van der Waals surface area contributed by atoms with Crippen LogP contribution in [0.25, 0.3) is 10.9 Å². The predicted molar refractivity (Wildman–Crippen MR) is 109 cm³/mol. The third-order valence-corrected chi connectivity index (χ3v) is 4.22. The molecule has 30 heavy (non-hydrogen) atoms. The summed E-state index contributed by atoms with van der Waals surface area (Å²) in [5.41, 5.74) is 0.711. The van der Waals surface area contributed by atoms with Crippen molar-refractivity contribution in [1.82, 2.24) is 4.98 Å². The standard InChI is InChI=1S/C21H20N2O7/c1-27-13-5-6-15-14(9-13)18(10-16(23-15)21(25)26)30-11-20(24)22-12-4-7-17(28-2)19(8-12)29-3/h4-10H,11H2,1-3H3,(H,22,24)(H,25,26). The molecule has 1 heterocycles. The highest BCUT2D eigenvalue weighted by Crippen LogP contribution is 2.31. The Morgan fingerprint density at radius 3 is 2.37 bits per heavy atom. The Morgan fingerprint density at radius 2 is 1.70 bits per heavy atom. The molecule has 0 saturated carbocycles. The first-order chi connectivity index (χ1) is 14.4. The van der Waals surface area contributed by atoms with Gasteiger partial charge in [0.25, 0.3) is 5.91 Å². The fraction of sp³-hybridized carbons (Fsp3) is 0.190. The Labute approximate surface area is 172 Å². The molecule has 2 aromatic carbocycles. The molecule has 3 rings (SSSR count). The monoisotopic (exact) mass is 412 g/mol. The van der Waals surface area contributed by atoms with Crippen molar-refractivity contribution >= 4 is 28.5 Å². The average molecular weight is 412 g/mol. The lowest BCUT2D eigenvalue weighted by atomic mass is 10.1. The number of amides is 1. The molecule has 156 valence electrons. The Balaban J connectivity index is 1.80. The summed E-state index contributed by atoms with van der Waals surface area (Å²) in [7, 11) is 4.52. The number of carboxylic acids is 1. The molecular formula is C21H20N2O7. The van der Waals surface area contributed by atoms with Gasteiger partial charge in [-0.25, -0.2) is 9.78 Å². The molecule has 2 N–H and O–H groups in total. The number of carboxylic acid groups (broad SMARTS) is 1. The molecule has 0 aliphatic rings. The molecule has 0 bridgehead atoms. The molecule has 0 unspecified atom stereocenters. The highest BCUT2D eigenvalue weighted by atomic mass is 16.5. The number of nitrogens with one attached hydrogen (secondary N) is 1. The summed E-state index contributed by atoms with van der Waals surface area (Å²) in [5, 5.41) is 12.5. The Morgan fingerprint density at radius 1 is 0.933 bits per heavy atom. The molecule has 0 aliphatic carbocycles. The number of pyridine rings is 1. The van der Waals surface area contributed by atoms with Crippen LogP contribution in [-0.2, 0) is 4.79 Å². The second-order valence-electron chi connectivity index (χ2n) is 6.10. The number of hydrogen-bond acceptors (Lipinski definition) is 7. The van der Waals surface area contributed by atoms with Gasteiger partial charge in [-0.05, 0) is 30.3 Å². The molecule has 0 spiro atoms. The Bertz CT molecular complexity index is 1100. The minimum absolute atomic E-state index is 0.192. The van der Waals surface area contributed by atoms with Crippen molar-refractivity contribution in [3.05, 3.63) is 48.2 Å². The molecule has 0 aliphatic heterocycles. The van der Waals surface area contributed by atoms with Gasteiger partial charge in [-0.1, -0.05) is 0 Å². The number of benzene rings is 2. The van der Waals surface area contributed by atoms with Gasteiger partial charge in [-0.3, -0.25) is 4.79 Å². The van der Waals surface area contributed by atoms with Gasteiger partial charge in [0.1, 0.15) is 11.5 Å². The molecule has 9 nitrogen and oxygen atoms in total. The topological polar surface area (TPSA) is 116 Å². The molecule has 0 fully saturated rings. The minimum Gasteiger partial charge on any atom is -0.497 e. The number of aromatic nitrogens is 1. The van der Waals surface area contributed by atoms with Crippen LogP contribution in [-0.4, -0.2) is 49.9 Å². The molecular weight excluding hydrogens is 392 g/mol. The van der Waals surface area contributed by atoms with E-state index in [4.69, 9.17) is 18.9 Å². The number of methoxy groups -OCH3 is 3. The average Bonchev–Trinajstić information content (AvgIpc) is 2.76. The van der Waals surface area contributed by atoms with E-state index >= 15 is 0 Å². The zero-order valence-electron chi connectivity index (χ0n) is 16.6. The summed E-state index contributed by atoms with van der Waals surface area (Å²) in [5.74, 6) is 0.116. The first kappa shape index (κ1) is 20.7. The minimum atomic E-state index is -1.20. The number of hydrogen-bond donors (Lipinski definition) is 2. The molecule has 1 amide bonds. The van der Waals surface area contributed by atoms with Gasteiger partial charge in [-0.2, -0.15) is 0 Å². The van der Waals surface area contributed by atoms with E-state index in [-0.39, 0.29) is 18.1 Å². The predicted octanol–water partition coefficient (Wildman–Crippen LogP) is 2.98. The van der Waals surface area contributed by atoms with Gasteiger partial charge < -0.3 is 29.4 Å². The largest absolute Gasteiger partial charge is 0.497 e. The maximum absolute atomic E-state index is 12.4. The van der Waals surface area contributed by atoms with Crippen molar-refractivity contribution < 1.29 is 33.6 Å². The lowest BCUT2D eigenvalue weighted by Gasteiger charge is -2.13. The number of fused-ring (bicyclic) bond motifs is 1. The van der Waals surface area contributed by atoms with Crippen molar-refractivity contribution in [3.63, 3.8) is 0 Å². The van der Waals surface area contributed by atoms with Gasteiger partial charge in [0, 0.05) is 23.2 Å². The van der Waals surface area contributed by atoms with E-state index in [0.717, 1.165) is 0 Å². The summed E-state index contributed by atoms with van der Waals surface area (Å²) >= 11 is 0. The molecule has 0 radical (unpaired) electrons. The van der Waals surface area contributed by atoms with Gasteiger partial charge in [-0.15, -0.1) is 0 Å². The normalized spacial score (nSPS) is 10.4. The van der Waals surface area contributed by atoms with E-state index in [1.807, 2.05) is 0 Å². The summed E-state index contributed by atoms with van der Waals surface area (Å²) in [6.07, 6.45) is 0. The SMILES string of the molecule is COc1ccc2nc(C(=O)O)cc(OCC(=O)Nc3ccc(OC)c(OC)c3)c2c1. The maximum atomic E-state index is 12.4. The second kappa shape index (κ2) is 8.99. The van der Waals surface area contributed by atoms with Gasteiger partial charge in [0.15, 0.2) is 23.8 Å². The number of nitrogens with zero attached hydrogens (tertiary/aromatic N) is 1. The Hall–Kier alpha value is -4.01. The molecule has 3 aromatic rings. The maximum Gasteiger partial charge on any atom is 0.354 e. The quantitative estimate of drug-likeness (QED) is 0.580. The van der Waals surface area contributed by atoms with E-state index in [9.17, 15) is 14.7 Å². The van der Waals surface area contributed by atoms with Crippen LogP contribution in [0.4, 0.5) is 5.69 Å². The first-order valence-electron chi connectivity index (χ1n) is 8.82. The van der Waals surface area contributed by atoms with Crippen LogP contribution in [0.1, 0.15) is 10.5 Å². The zero-order valence-corrected chi connectivity index (χ0v) is 16.6. The molecule has 0 atom stereocenters. The number of rotatable bonds is 8. The number of aromatic carboxylic acids is 1. The van der Waals surface area contributed by atoms with Crippen molar-refractivity contribution in [2.24, 2.45) is 0 Å². The van der Waals surface area contributed by atoms with E-state index in [2.05, 4.69) is 10.3 Å².